The first-order chi connectivity index (χ1) is 8.59. The minimum Gasteiger partial charge on any atom is -0.340 e. The Labute approximate surface area is 108 Å². The summed E-state index contributed by atoms with van der Waals surface area (Å²) >= 11 is 0. The summed E-state index contributed by atoms with van der Waals surface area (Å²) in [5.41, 5.74) is 0. The van der Waals surface area contributed by atoms with E-state index in [1.807, 2.05) is 0 Å². The summed E-state index contributed by atoms with van der Waals surface area (Å²) in [6, 6.07) is 0. The van der Waals surface area contributed by atoms with Crippen molar-refractivity contribution in [2.24, 2.45) is 23.7 Å². The fraction of sp³-hybridized carbons (Fsp3) is 0.714. The molecule has 2 aliphatic carbocycles. The molecule has 1 N–H and O–H groups in total. The van der Waals surface area contributed by atoms with Gasteiger partial charge in [0.2, 0.25) is 11.8 Å². The molecule has 0 radical (unpaired) electrons. The average molecular weight is 249 g/mol. The van der Waals surface area contributed by atoms with Gasteiger partial charge in [0, 0.05) is 13.0 Å². The zero-order valence-corrected chi connectivity index (χ0v) is 11.1. The summed E-state index contributed by atoms with van der Waals surface area (Å²) in [4.78, 5) is 27.5. The molecule has 2 amide bonds. The van der Waals surface area contributed by atoms with Gasteiger partial charge >= 0.3 is 0 Å². The molecule has 0 unspecified atom stereocenters. The Morgan fingerprint density at radius 1 is 1.17 bits per heavy atom. The molecule has 0 spiro atoms. The van der Waals surface area contributed by atoms with Crippen molar-refractivity contribution in [1.82, 2.24) is 4.90 Å². The molecule has 0 aromatic rings. The molecule has 2 bridgehead atoms. The lowest BCUT2D eigenvalue weighted by Crippen LogP contribution is -3.05. The normalized spacial score (nSPS) is 37.2. The molecule has 1 saturated heterocycles. The Bertz CT molecular complexity index is 386. The molecule has 4 atom stereocenters. The van der Waals surface area contributed by atoms with Crippen molar-refractivity contribution in [3.05, 3.63) is 12.2 Å². The van der Waals surface area contributed by atoms with Crippen LogP contribution in [-0.2, 0) is 9.59 Å². The third kappa shape index (κ3) is 1.62. The quantitative estimate of drug-likeness (QED) is 0.530. The summed E-state index contributed by atoms with van der Waals surface area (Å²) in [5.74, 6) is 0.798. The number of carbonyl (C=O) groups is 2. The number of imide groups is 1. The van der Waals surface area contributed by atoms with Crippen LogP contribution in [-0.4, -0.2) is 43.9 Å². The first-order valence-electron chi connectivity index (χ1n) is 6.92. The summed E-state index contributed by atoms with van der Waals surface area (Å²) in [6.07, 6.45) is 6.21. The van der Waals surface area contributed by atoms with Crippen molar-refractivity contribution in [3.63, 3.8) is 0 Å². The maximum atomic E-state index is 12.3. The number of hydrogen-bond acceptors (Lipinski definition) is 2. The molecule has 0 aromatic carbocycles. The van der Waals surface area contributed by atoms with Crippen LogP contribution >= 0.6 is 0 Å². The molecule has 98 valence electrons. The molecular formula is C14H21N2O2+. The predicted octanol–water partition coefficient (Wildman–Crippen LogP) is -0.672. The molecule has 2 fully saturated rings. The monoisotopic (exact) mass is 249 g/mol. The summed E-state index contributed by atoms with van der Waals surface area (Å²) in [5, 5.41) is 0. The highest BCUT2D eigenvalue weighted by atomic mass is 16.2. The van der Waals surface area contributed by atoms with Gasteiger partial charge in [0.05, 0.1) is 32.5 Å². The van der Waals surface area contributed by atoms with E-state index in [0.717, 1.165) is 19.4 Å². The van der Waals surface area contributed by atoms with E-state index >= 15 is 0 Å². The first kappa shape index (κ1) is 11.9. The highest BCUT2D eigenvalue weighted by Gasteiger charge is 2.58. The number of fused-ring (bicyclic) bond motifs is 5. The highest BCUT2D eigenvalue weighted by Crippen LogP contribution is 2.52. The Morgan fingerprint density at radius 3 is 2.22 bits per heavy atom. The highest BCUT2D eigenvalue weighted by molar-refractivity contribution is 6.06. The number of likely N-dealkylation sites (tertiary alicyclic amines) is 1. The Balaban J connectivity index is 1.68. The van der Waals surface area contributed by atoms with E-state index in [9.17, 15) is 9.59 Å². The van der Waals surface area contributed by atoms with Gasteiger partial charge < -0.3 is 4.90 Å². The van der Waals surface area contributed by atoms with E-state index in [4.69, 9.17) is 0 Å². The van der Waals surface area contributed by atoms with E-state index < -0.39 is 0 Å². The zero-order chi connectivity index (χ0) is 12.9. The number of allylic oxidation sites excluding steroid dienone is 2. The van der Waals surface area contributed by atoms with Crippen LogP contribution in [0.2, 0.25) is 0 Å². The molecule has 4 heteroatoms. The van der Waals surface area contributed by atoms with Crippen molar-refractivity contribution in [2.45, 2.75) is 12.8 Å². The summed E-state index contributed by atoms with van der Waals surface area (Å²) in [6.45, 7) is 1.60. The van der Waals surface area contributed by atoms with Gasteiger partial charge in [-0.15, -0.1) is 0 Å². The van der Waals surface area contributed by atoms with E-state index in [2.05, 4.69) is 26.2 Å². The largest absolute Gasteiger partial charge is 0.340 e. The first-order valence-corrected chi connectivity index (χ1v) is 6.92. The van der Waals surface area contributed by atoms with E-state index in [-0.39, 0.29) is 23.7 Å². The maximum Gasteiger partial charge on any atom is 0.233 e. The lowest BCUT2D eigenvalue weighted by atomic mass is 9.85. The van der Waals surface area contributed by atoms with Crippen molar-refractivity contribution in [2.75, 3.05) is 27.2 Å². The molecule has 4 nitrogen and oxygen atoms in total. The Morgan fingerprint density at radius 2 is 1.72 bits per heavy atom. The number of nitrogens with zero attached hydrogens (tertiary/aromatic N) is 1. The van der Waals surface area contributed by atoms with Crippen LogP contribution in [0.4, 0.5) is 0 Å². The second-order valence-electron chi connectivity index (χ2n) is 6.14. The molecule has 18 heavy (non-hydrogen) atoms. The number of amides is 2. The van der Waals surface area contributed by atoms with Gasteiger partial charge in [-0.2, -0.15) is 0 Å². The van der Waals surface area contributed by atoms with Crippen LogP contribution in [0.1, 0.15) is 12.8 Å². The van der Waals surface area contributed by atoms with Crippen molar-refractivity contribution >= 4 is 11.8 Å². The number of carbonyl (C=O) groups excluding carboxylic acids is 2. The molecular weight excluding hydrogens is 228 g/mol. The average Bonchev–Trinajstić information content (AvgIpc) is 2.97. The second-order valence-corrected chi connectivity index (χ2v) is 6.14. The van der Waals surface area contributed by atoms with Gasteiger partial charge in [-0.3, -0.25) is 14.5 Å². The second kappa shape index (κ2) is 4.19. The number of rotatable bonds is 4. The van der Waals surface area contributed by atoms with Crippen LogP contribution in [0.3, 0.4) is 0 Å². The molecule has 1 aliphatic heterocycles. The number of quaternary nitrogens is 1. The van der Waals surface area contributed by atoms with Gasteiger partial charge in [0.25, 0.3) is 0 Å². The van der Waals surface area contributed by atoms with Gasteiger partial charge in [0.15, 0.2) is 0 Å². The fourth-order valence-electron chi connectivity index (χ4n) is 3.78. The van der Waals surface area contributed by atoms with Crippen LogP contribution in [0.15, 0.2) is 12.2 Å². The zero-order valence-electron chi connectivity index (χ0n) is 11.1. The van der Waals surface area contributed by atoms with Crippen LogP contribution in [0.25, 0.3) is 0 Å². The third-order valence-electron chi connectivity index (χ3n) is 4.62. The Hall–Kier alpha value is -1.16. The van der Waals surface area contributed by atoms with Gasteiger partial charge in [-0.05, 0) is 18.3 Å². The standard InChI is InChI=1S/C14H20N2O2/c1-15(2)6-3-7-16-13(17)11-9-4-5-10(8-9)12(11)14(16)18/h4-5,9-12H,3,6-8H2,1-2H3/p+1/t9-,10-,11-,12+/m0/s1. The van der Waals surface area contributed by atoms with Gasteiger partial charge in [-0.1, -0.05) is 12.2 Å². The SMILES string of the molecule is C[NH+](C)CCCN1C(=O)[C@@H]2[C@H](C1=O)[C@H]1C=C[C@H]2C1. The lowest BCUT2D eigenvalue weighted by Gasteiger charge is -2.17. The molecule has 3 rings (SSSR count). The van der Waals surface area contributed by atoms with Crippen LogP contribution in [0.5, 0.6) is 0 Å². The molecule has 1 heterocycles. The Kier molecular flexibility index (Phi) is 2.77. The fourth-order valence-corrected chi connectivity index (χ4v) is 3.78. The van der Waals surface area contributed by atoms with E-state index in [0.29, 0.717) is 18.4 Å². The van der Waals surface area contributed by atoms with Crippen LogP contribution in [0, 0.1) is 23.7 Å². The minimum absolute atomic E-state index is 0.0285. The third-order valence-corrected chi connectivity index (χ3v) is 4.62. The predicted molar refractivity (Wildman–Crippen MR) is 66.7 cm³/mol. The number of hydrogen-bond donors (Lipinski definition) is 1. The van der Waals surface area contributed by atoms with Crippen molar-refractivity contribution in [3.8, 4) is 0 Å². The van der Waals surface area contributed by atoms with E-state index in [1.54, 1.807) is 0 Å². The van der Waals surface area contributed by atoms with Crippen LogP contribution < -0.4 is 4.90 Å². The molecule has 3 aliphatic rings. The topological polar surface area (TPSA) is 41.8 Å². The van der Waals surface area contributed by atoms with E-state index in [1.165, 1.54) is 9.80 Å². The van der Waals surface area contributed by atoms with Crippen molar-refractivity contribution < 1.29 is 14.5 Å². The maximum absolute atomic E-state index is 12.3. The smallest absolute Gasteiger partial charge is 0.233 e. The van der Waals surface area contributed by atoms with Gasteiger partial charge in [0.1, 0.15) is 0 Å². The van der Waals surface area contributed by atoms with Gasteiger partial charge in [-0.25, -0.2) is 0 Å². The number of nitrogens with one attached hydrogen (secondary N) is 1. The van der Waals surface area contributed by atoms with Crippen molar-refractivity contribution in [1.29, 1.82) is 0 Å². The summed E-state index contributed by atoms with van der Waals surface area (Å²) in [7, 11) is 4.18. The molecule has 1 saturated carbocycles. The molecule has 0 aromatic heterocycles. The summed E-state index contributed by atoms with van der Waals surface area (Å²) < 4.78 is 0. The minimum atomic E-state index is -0.0285. The lowest BCUT2D eigenvalue weighted by molar-refractivity contribution is -0.858.